The summed E-state index contributed by atoms with van der Waals surface area (Å²) < 4.78 is 5.13. The van der Waals surface area contributed by atoms with Crippen LogP contribution < -0.4 is 4.74 Å². The lowest BCUT2D eigenvalue weighted by Crippen LogP contribution is -2.21. The van der Waals surface area contributed by atoms with E-state index in [1.165, 1.54) is 4.90 Å². The first-order valence-electron chi connectivity index (χ1n) is 6.21. The Kier molecular flexibility index (Phi) is 3.94. The number of rotatable bonds is 3. The molecule has 0 atom stereocenters. The number of hydrogen-bond donors (Lipinski definition) is 1. The fraction of sp³-hybridized carbons (Fsp3) is 0.188. The van der Waals surface area contributed by atoms with Crippen LogP contribution in [0.3, 0.4) is 0 Å². The summed E-state index contributed by atoms with van der Waals surface area (Å²) in [7, 11) is 4.99. The van der Waals surface area contributed by atoms with Crippen LogP contribution in [0.5, 0.6) is 11.5 Å². The smallest absolute Gasteiger partial charge is 0.253 e. The van der Waals surface area contributed by atoms with E-state index in [0.717, 1.165) is 11.1 Å². The minimum atomic E-state index is -0.0370. The van der Waals surface area contributed by atoms with Gasteiger partial charge in [-0.25, -0.2) is 0 Å². The van der Waals surface area contributed by atoms with Gasteiger partial charge < -0.3 is 14.7 Å². The number of amides is 1. The molecule has 0 radical (unpaired) electrons. The lowest BCUT2D eigenvalue weighted by molar-refractivity contribution is 0.0827. The van der Waals surface area contributed by atoms with E-state index in [1.54, 1.807) is 45.5 Å². The lowest BCUT2D eigenvalue weighted by Gasteiger charge is -2.11. The van der Waals surface area contributed by atoms with E-state index >= 15 is 0 Å². The van der Waals surface area contributed by atoms with E-state index < -0.39 is 0 Å². The molecule has 2 rings (SSSR count). The second-order valence-electron chi connectivity index (χ2n) is 4.70. The van der Waals surface area contributed by atoms with Crippen molar-refractivity contribution in [3.8, 4) is 22.6 Å². The van der Waals surface area contributed by atoms with Crippen LogP contribution in [0.25, 0.3) is 11.1 Å². The molecule has 0 aliphatic carbocycles. The molecule has 4 nitrogen and oxygen atoms in total. The van der Waals surface area contributed by atoms with Crippen LogP contribution >= 0.6 is 0 Å². The summed E-state index contributed by atoms with van der Waals surface area (Å²) in [4.78, 5) is 13.3. The summed E-state index contributed by atoms with van der Waals surface area (Å²) in [5.41, 5.74) is 2.38. The second-order valence-corrected chi connectivity index (χ2v) is 4.70. The van der Waals surface area contributed by atoms with Gasteiger partial charge in [0.25, 0.3) is 5.91 Å². The van der Waals surface area contributed by atoms with Crippen molar-refractivity contribution >= 4 is 5.91 Å². The monoisotopic (exact) mass is 271 g/mol. The highest BCUT2D eigenvalue weighted by Crippen LogP contribution is 2.29. The van der Waals surface area contributed by atoms with Crippen LogP contribution in [0.1, 0.15) is 10.4 Å². The summed E-state index contributed by atoms with van der Waals surface area (Å²) in [6.45, 7) is 0. The predicted octanol–water partition coefficient (Wildman–Crippen LogP) is 2.77. The van der Waals surface area contributed by atoms with Gasteiger partial charge >= 0.3 is 0 Å². The molecule has 2 aromatic rings. The van der Waals surface area contributed by atoms with Crippen LogP contribution in [0, 0.1) is 0 Å². The summed E-state index contributed by atoms with van der Waals surface area (Å²) in [6, 6.07) is 12.3. The van der Waals surface area contributed by atoms with E-state index in [2.05, 4.69) is 0 Å². The first-order chi connectivity index (χ1) is 9.51. The van der Waals surface area contributed by atoms with Crippen molar-refractivity contribution in [1.82, 2.24) is 4.90 Å². The molecule has 0 aromatic heterocycles. The van der Waals surface area contributed by atoms with Crippen LogP contribution in [-0.4, -0.2) is 37.1 Å². The van der Waals surface area contributed by atoms with Crippen LogP contribution in [0.2, 0.25) is 0 Å². The van der Waals surface area contributed by atoms with Crippen molar-refractivity contribution in [3.05, 3.63) is 48.0 Å². The largest absolute Gasteiger partial charge is 0.508 e. The van der Waals surface area contributed by atoms with Crippen molar-refractivity contribution in [2.75, 3.05) is 21.2 Å². The Morgan fingerprint density at radius 1 is 1.05 bits per heavy atom. The van der Waals surface area contributed by atoms with E-state index in [-0.39, 0.29) is 11.7 Å². The molecule has 0 heterocycles. The molecule has 0 bridgehead atoms. The maximum absolute atomic E-state index is 11.8. The Labute approximate surface area is 118 Å². The molecule has 0 aliphatic rings. The Bertz CT molecular complexity index is 618. The van der Waals surface area contributed by atoms with E-state index in [9.17, 15) is 9.90 Å². The van der Waals surface area contributed by atoms with Gasteiger partial charge in [0, 0.05) is 25.7 Å². The number of phenolic OH excluding ortho intramolecular Hbond substituents is 1. The quantitative estimate of drug-likeness (QED) is 0.933. The summed E-state index contributed by atoms with van der Waals surface area (Å²) in [5, 5.41) is 9.66. The third-order valence-electron chi connectivity index (χ3n) is 3.00. The van der Waals surface area contributed by atoms with Crippen molar-refractivity contribution < 1.29 is 14.6 Å². The highest BCUT2D eigenvalue weighted by atomic mass is 16.5. The Hall–Kier alpha value is -2.49. The number of carbonyl (C=O) groups is 1. The van der Waals surface area contributed by atoms with Gasteiger partial charge in [-0.15, -0.1) is 0 Å². The van der Waals surface area contributed by atoms with Gasteiger partial charge in [-0.05, 0) is 35.4 Å². The topological polar surface area (TPSA) is 49.8 Å². The Morgan fingerprint density at radius 2 is 1.70 bits per heavy atom. The normalized spacial score (nSPS) is 10.2. The molecule has 104 valence electrons. The fourth-order valence-electron chi connectivity index (χ4n) is 1.93. The number of phenols is 1. The number of ether oxygens (including phenoxy) is 1. The van der Waals surface area contributed by atoms with Gasteiger partial charge in [0.2, 0.25) is 0 Å². The molecule has 0 saturated carbocycles. The zero-order valence-electron chi connectivity index (χ0n) is 11.8. The molecular weight excluding hydrogens is 254 g/mol. The van der Waals surface area contributed by atoms with Gasteiger partial charge in [-0.1, -0.05) is 12.1 Å². The van der Waals surface area contributed by atoms with Gasteiger partial charge in [0.15, 0.2) is 0 Å². The third-order valence-corrected chi connectivity index (χ3v) is 3.00. The number of carbonyl (C=O) groups excluding carboxylic acids is 1. The zero-order chi connectivity index (χ0) is 14.7. The van der Waals surface area contributed by atoms with Crippen molar-refractivity contribution in [1.29, 1.82) is 0 Å². The Balaban J connectivity index is 2.35. The summed E-state index contributed by atoms with van der Waals surface area (Å²) in [6.07, 6.45) is 0. The molecule has 0 spiro atoms. The number of benzene rings is 2. The number of nitrogens with zero attached hydrogens (tertiary/aromatic N) is 1. The SMILES string of the molecule is COc1cc(O)cc(-c2ccc(C(=O)N(C)C)cc2)c1. The van der Waals surface area contributed by atoms with Crippen molar-refractivity contribution in [3.63, 3.8) is 0 Å². The molecule has 0 fully saturated rings. The van der Waals surface area contributed by atoms with Crippen LogP contribution in [0.15, 0.2) is 42.5 Å². The number of methoxy groups -OCH3 is 1. The van der Waals surface area contributed by atoms with Crippen molar-refractivity contribution in [2.24, 2.45) is 0 Å². The molecule has 20 heavy (non-hydrogen) atoms. The Morgan fingerprint density at radius 3 is 2.25 bits per heavy atom. The maximum atomic E-state index is 11.8. The highest BCUT2D eigenvalue weighted by molar-refractivity contribution is 5.94. The third kappa shape index (κ3) is 2.91. The van der Waals surface area contributed by atoms with Gasteiger partial charge in [-0.3, -0.25) is 4.79 Å². The molecule has 1 amide bonds. The van der Waals surface area contributed by atoms with Gasteiger partial charge in [0.1, 0.15) is 11.5 Å². The number of hydrogen-bond acceptors (Lipinski definition) is 3. The first-order valence-corrected chi connectivity index (χ1v) is 6.21. The molecule has 1 N–H and O–H groups in total. The average Bonchev–Trinajstić information content (AvgIpc) is 2.45. The van der Waals surface area contributed by atoms with E-state index in [1.807, 2.05) is 18.2 Å². The fourth-order valence-corrected chi connectivity index (χ4v) is 1.93. The summed E-state index contributed by atoms with van der Waals surface area (Å²) in [5.74, 6) is 0.700. The predicted molar refractivity (Wildman–Crippen MR) is 78.1 cm³/mol. The average molecular weight is 271 g/mol. The van der Waals surface area contributed by atoms with E-state index in [0.29, 0.717) is 11.3 Å². The standard InChI is InChI=1S/C16H17NO3/c1-17(2)16(19)12-6-4-11(5-7-12)13-8-14(18)10-15(9-13)20-3/h4-10,18H,1-3H3. The maximum Gasteiger partial charge on any atom is 0.253 e. The van der Waals surface area contributed by atoms with Gasteiger partial charge in [-0.2, -0.15) is 0 Å². The second kappa shape index (κ2) is 5.65. The summed E-state index contributed by atoms with van der Waals surface area (Å²) >= 11 is 0. The molecular formula is C16H17NO3. The first kappa shape index (κ1) is 13.9. The zero-order valence-corrected chi connectivity index (χ0v) is 11.8. The van der Waals surface area contributed by atoms with Crippen LogP contribution in [-0.2, 0) is 0 Å². The molecule has 0 saturated heterocycles. The minimum Gasteiger partial charge on any atom is -0.508 e. The highest BCUT2D eigenvalue weighted by Gasteiger charge is 2.08. The van der Waals surface area contributed by atoms with Crippen molar-refractivity contribution in [2.45, 2.75) is 0 Å². The molecule has 4 heteroatoms. The molecule has 2 aromatic carbocycles. The number of aromatic hydroxyl groups is 1. The van der Waals surface area contributed by atoms with E-state index in [4.69, 9.17) is 4.74 Å². The minimum absolute atomic E-state index is 0.0370. The molecule has 0 aliphatic heterocycles. The van der Waals surface area contributed by atoms with Crippen LogP contribution in [0.4, 0.5) is 0 Å². The van der Waals surface area contributed by atoms with Gasteiger partial charge in [0.05, 0.1) is 7.11 Å². The molecule has 0 unspecified atom stereocenters. The lowest BCUT2D eigenvalue weighted by atomic mass is 10.0.